The van der Waals surface area contributed by atoms with Gasteiger partial charge in [0.05, 0.1) is 0 Å². The molecule has 0 aliphatic heterocycles. The summed E-state index contributed by atoms with van der Waals surface area (Å²) in [5.74, 6) is 0.683. The Morgan fingerprint density at radius 3 is 2.74 bits per heavy atom. The van der Waals surface area contributed by atoms with Crippen LogP contribution in [0.1, 0.15) is 18.2 Å². The van der Waals surface area contributed by atoms with Crippen molar-refractivity contribution in [1.82, 2.24) is 9.97 Å². The second-order valence-corrected chi connectivity index (χ2v) is 4.06. The van der Waals surface area contributed by atoms with Gasteiger partial charge >= 0.3 is 0 Å². The maximum Gasteiger partial charge on any atom is 0.183 e. The van der Waals surface area contributed by atoms with Gasteiger partial charge in [0, 0.05) is 30.7 Å². The average Bonchev–Trinajstić information content (AvgIpc) is 2.44. The van der Waals surface area contributed by atoms with Gasteiger partial charge in [0.25, 0.3) is 0 Å². The Hall–Kier alpha value is -2.61. The van der Waals surface area contributed by atoms with Crippen LogP contribution in [0, 0.1) is 18.3 Å². The van der Waals surface area contributed by atoms with Crippen molar-refractivity contribution in [2.24, 2.45) is 0 Å². The average molecular weight is 254 g/mol. The number of aromatic hydroxyl groups is 1. The van der Waals surface area contributed by atoms with Crippen LogP contribution in [-0.2, 0) is 0 Å². The van der Waals surface area contributed by atoms with Gasteiger partial charge in [-0.25, -0.2) is 9.97 Å². The molecule has 1 N–H and O–H groups in total. The molecule has 2 aromatic rings. The lowest BCUT2D eigenvalue weighted by Crippen LogP contribution is -2.20. The topological polar surface area (TPSA) is 73.0 Å². The molecule has 19 heavy (non-hydrogen) atoms. The Balaban J connectivity index is 2.57. The number of nitrogens with zero attached hydrogens (tertiary/aromatic N) is 4. The SMILES string of the molecule is CCN(c1cc(O)ccc1C)c1nccnc1C#N. The molecule has 5 nitrogen and oxygen atoms in total. The Kier molecular flexibility index (Phi) is 3.62. The fraction of sp³-hybridized carbons (Fsp3) is 0.214. The van der Waals surface area contributed by atoms with E-state index in [9.17, 15) is 5.11 Å². The lowest BCUT2D eigenvalue weighted by molar-refractivity contribution is 0.475. The summed E-state index contributed by atoms with van der Waals surface area (Å²) in [4.78, 5) is 10.1. The van der Waals surface area contributed by atoms with E-state index in [1.54, 1.807) is 18.3 Å². The van der Waals surface area contributed by atoms with Crippen LogP contribution in [0.4, 0.5) is 11.5 Å². The number of hydrogen-bond acceptors (Lipinski definition) is 5. The Labute approximate surface area is 111 Å². The molecule has 0 bridgehead atoms. The Morgan fingerprint density at radius 1 is 1.32 bits per heavy atom. The highest BCUT2D eigenvalue weighted by Crippen LogP contribution is 2.30. The van der Waals surface area contributed by atoms with E-state index in [-0.39, 0.29) is 11.4 Å². The number of hydrogen-bond donors (Lipinski definition) is 1. The van der Waals surface area contributed by atoms with Gasteiger partial charge in [-0.1, -0.05) is 6.07 Å². The van der Waals surface area contributed by atoms with Crippen LogP contribution >= 0.6 is 0 Å². The van der Waals surface area contributed by atoms with Crippen LogP contribution in [0.25, 0.3) is 0 Å². The number of aryl methyl sites for hydroxylation is 1. The molecule has 1 aromatic carbocycles. The van der Waals surface area contributed by atoms with Gasteiger partial charge in [0.2, 0.25) is 0 Å². The summed E-state index contributed by atoms with van der Waals surface area (Å²) >= 11 is 0. The lowest BCUT2D eigenvalue weighted by atomic mass is 10.1. The predicted octanol–water partition coefficient (Wildman–Crippen LogP) is 2.52. The summed E-state index contributed by atoms with van der Waals surface area (Å²) in [6, 6.07) is 7.16. The minimum atomic E-state index is 0.182. The van der Waals surface area contributed by atoms with E-state index in [2.05, 4.69) is 9.97 Å². The minimum absolute atomic E-state index is 0.182. The summed E-state index contributed by atoms with van der Waals surface area (Å²) in [7, 11) is 0. The van der Waals surface area contributed by atoms with Gasteiger partial charge in [-0.2, -0.15) is 5.26 Å². The number of anilines is 2. The summed E-state index contributed by atoms with van der Waals surface area (Å²) in [6.07, 6.45) is 3.04. The third-order valence-electron chi connectivity index (χ3n) is 2.84. The van der Waals surface area contributed by atoms with Crippen LogP contribution in [0.15, 0.2) is 30.6 Å². The highest BCUT2D eigenvalue weighted by atomic mass is 16.3. The first kappa shape index (κ1) is 12.8. The number of phenols is 1. The predicted molar refractivity (Wildman–Crippen MR) is 72.3 cm³/mol. The smallest absolute Gasteiger partial charge is 0.183 e. The zero-order valence-corrected chi connectivity index (χ0v) is 10.8. The van der Waals surface area contributed by atoms with Crippen LogP contribution < -0.4 is 4.90 Å². The van der Waals surface area contributed by atoms with Crippen LogP contribution in [0.5, 0.6) is 5.75 Å². The zero-order chi connectivity index (χ0) is 13.8. The summed E-state index contributed by atoms with van der Waals surface area (Å²) in [5.41, 5.74) is 2.08. The monoisotopic (exact) mass is 254 g/mol. The standard InChI is InChI=1S/C14H14N4O/c1-3-18(13-8-11(19)5-4-10(13)2)14-12(9-15)16-6-7-17-14/h4-8,19H,3H2,1-2H3. The molecule has 0 radical (unpaired) electrons. The molecule has 0 fully saturated rings. The van der Waals surface area contributed by atoms with Crippen molar-refractivity contribution in [1.29, 1.82) is 5.26 Å². The minimum Gasteiger partial charge on any atom is -0.508 e. The molecule has 96 valence electrons. The normalized spacial score (nSPS) is 9.95. The van der Waals surface area contributed by atoms with Crippen molar-refractivity contribution >= 4 is 11.5 Å². The third-order valence-corrected chi connectivity index (χ3v) is 2.84. The molecular weight excluding hydrogens is 240 g/mol. The molecule has 0 saturated carbocycles. The molecule has 1 aromatic heterocycles. The largest absolute Gasteiger partial charge is 0.508 e. The second-order valence-electron chi connectivity index (χ2n) is 4.06. The van der Waals surface area contributed by atoms with E-state index in [4.69, 9.17) is 5.26 Å². The first-order chi connectivity index (χ1) is 9.17. The van der Waals surface area contributed by atoms with Gasteiger partial charge in [-0.3, -0.25) is 0 Å². The first-order valence-electron chi connectivity index (χ1n) is 5.95. The summed E-state index contributed by atoms with van der Waals surface area (Å²) in [5, 5.41) is 18.7. The fourth-order valence-electron chi connectivity index (χ4n) is 1.93. The van der Waals surface area contributed by atoms with Crippen LogP contribution in [-0.4, -0.2) is 21.6 Å². The fourth-order valence-corrected chi connectivity index (χ4v) is 1.93. The van der Waals surface area contributed by atoms with Crippen molar-refractivity contribution in [2.75, 3.05) is 11.4 Å². The maximum atomic E-state index is 9.63. The number of phenolic OH excluding ortho intramolecular Hbond substituents is 1. The number of rotatable bonds is 3. The van der Waals surface area contributed by atoms with Crippen molar-refractivity contribution < 1.29 is 5.11 Å². The Morgan fingerprint density at radius 2 is 2.05 bits per heavy atom. The van der Waals surface area contributed by atoms with Crippen molar-refractivity contribution in [3.05, 3.63) is 41.9 Å². The van der Waals surface area contributed by atoms with Gasteiger partial charge in [-0.15, -0.1) is 0 Å². The second kappa shape index (κ2) is 5.36. The van der Waals surface area contributed by atoms with Gasteiger partial charge in [-0.05, 0) is 25.5 Å². The van der Waals surface area contributed by atoms with Gasteiger partial charge in [0.15, 0.2) is 11.5 Å². The zero-order valence-electron chi connectivity index (χ0n) is 10.8. The molecule has 1 heterocycles. The molecule has 0 unspecified atom stereocenters. The van der Waals surface area contributed by atoms with Crippen molar-refractivity contribution in [3.8, 4) is 11.8 Å². The van der Waals surface area contributed by atoms with E-state index >= 15 is 0 Å². The van der Waals surface area contributed by atoms with Gasteiger partial charge < -0.3 is 10.0 Å². The summed E-state index contributed by atoms with van der Waals surface area (Å²) in [6.45, 7) is 4.52. The van der Waals surface area contributed by atoms with E-state index in [0.717, 1.165) is 11.3 Å². The van der Waals surface area contributed by atoms with E-state index in [1.807, 2.05) is 30.9 Å². The van der Waals surface area contributed by atoms with Crippen molar-refractivity contribution in [3.63, 3.8) is 0 Å². The molecular formula is C14H14N4O. The van der Waals surface area contributed by atoms with Crippen LogP contribution in [0.2, 0.25) is 0 Å². The van der Waals surface area contributed by atoms with E-state index < -0.39 is 0 Å². The Bertz CT molecular complexity index is 634. The van der Waals surface area contributed by atoms with E-state index in [1.165, 1.54) is 6.20 Å². The molecule has 0 spiro atoms. The highest BCUT2D eigenvalue weighted by Gasteiger charge is 2.16. The molecule has 0 amide bonds. The molecule has 0 aliphatic rings. The van der Waals surface area contributed by atoms with E-state index in [0.29, 0.717) is 12.4 Å². The van der Waals surface area contributed by atoms with Crippen LogP contribution in [0.3, 0.4) is 0 Å². The number of benzene rings is 1. The van der Waals surface area contributed by atoms with Crippen molar-refractivity contribution in [2.45, 2.75) is 13.8 Å². The maximum absolute atomic E-state index is 9.63. The molecule has 5 heteroatoms. The number of aromatic nitrogens is 2. The third kappa shape index (κ3) is 2.47. The molecule has 2 rings (SSSR count). The number of nitriles is 1. The lowest BCUT2D eigenvalue weighted by Gasteiger charge is -2.24. The quantitative estimate of drug-likeness (QED) is 0.911. The highest BCUT2D eigenvalue weighted by molar-refractivity contribution is 5.68. The van der Waals surface area contributed by atoms with Gasteiger partial charge in [0.1, 0.15) is 11.8 Å². The molecule has 0 atom stereocenters. The molecule has 0 saturated heterocycles. The summed E-state index contributed by atoms with van der Waals surface area (Å²) < 4.78 is 0. The first-order valence-corrected chi connectivity index (χ1v) is 5.95. The molecule has 0 aliphatic carbocycles.